The van der Waals surface area contributed by atoms with Crippen LogP contribution in [-0.4, -0.2) is 31.1 Å². The maximum atomic E-state index is 9.18. The maximum absolute atomic E-state index is 9.18. The fraction of sp³-hybridized carbons (Fsp3) is 0.444. The Hall–Kier alpha value is -1.49. The zero-order chi connectivity index (χ0) is 9.54. The standard InChI is InChI=1S/C9H10N4O/c14-6-1-5(2-6)8-12-7-3-10-4-11-9(7)13-8/h3-6,14H,1-2H2,(H,10,11,12,13). The van der Waals surface area contributed by atoms with E-state index in [0.29, 0.717) is 11.6 Å². The van der Waals surface area contributed by atoms with Crippen LogP contribution in [0.4, 0.5) is 0 Å². The fourth-order valence-electron chi connectivity index (χ4n) is 1.78. The van der Waals surface area contributed by atoms with Gasteiger partial charge >= 0.3 is 0 Å². The minimum absolute atomic E-state index is 0.153. The normalized spacial score (nSPS) is 26.4. The van der Waals surface area contributed by atoms with Crippen molar-refractivity contribution in [3.8, 4) is 0 Å². The minimum Gasteiger partial charge on any atom is -0.393 e. The van der Waals surface area contributed by atoms with E-state index < -0.39 is 0 Å². The third-order valence-corrected chi connectivity index (χ3v) is 2.68. The Bertz CT molecular complexity index is 428. The van der Waals surface area contributed by atoms with E-state index in [1.54, 1.807) is 6.20 Å². The van der Waals surface area contributed by atoms with Gasteiger partial charge in [-0.05, 0) is 12.8 Å². The van der Waals surface area contributed by atoms with Gasteiger partial charge in [0.2, 0.25) is 0 Å². The van der Waals surface area contributed by atoms with Gasteiger partial charge in [-0.15, -0.1) is 0 Å². The largest absolute Gasteiger partial charge is 0.393 e. The summed E-state index contributed by atoms with van der Waals surface area (Å²) in [6.45, 7) is 0. The smallest absolute Gasteiger partial charge is 0.180 e. The lowest BCUT2D eigenvalue weighted by Gasteiger charge is -2.29. The van der Waals surface area contributed by atoms with E-state index in [4.69, 9.17) is 0 Å². The van der Waals surface area contributed by atoms with Crippen LogP contribution in [0.15, 0.2) is 12.5 Å². The van der Waals surface area contributed by atoms with E-state index in [1.807, 2.05) is 0 Å². The molecule has 0 aliphatic heterocycles. The monoisotopic (exact) mass is 190 g/mol. The molecule has 0 unspecified atom stereocenters. The number of nitrogens with zero attached hydrogens (tertiary/aromatic N) is 3. The second-order valence-electron chi connectivity index (χ2n) is 3.70. The highest BCUT2D eigenvalue weighted by atomic mass is 16.3. The van der Waals surface area contributed by atoms with Gasteiger partial charge in [0.05, 0.1) is 12.3 Å². The first-order valence-electron chi connectivity index (χ1n) is 4.66. The second kappa shape index (κ2) is 2.75. The van der Waals surface area contributed by atoms with Gasteiger partial charge < -0.3 is 10.1 Å². The molecule has 1 saturated carbocycles. The predicted octanol–water partition coefficient (Wildman–Crippen LogP) is 0.591. The van der Waals surface area contributed by atoms with Gasteiger partial charge in [0.25, 0.3) is 0 Å². The van der Waals surface area contributed by atoms with E-state index in [2.05, 4.69) is 19.9 Å². The van der Waals surface area contributed by atoms with Crippen LogP contribution >= 0.6 is 0 Å². The van der Waals surface area contributed by atoms with Crippen molar-refractivity contribution in [3.63, 3.8) is 0 Å². The molecule has 2 heterocycles. The number of H-pyrrole nitrogens is 1. The number of nitrogens with one attached hydrogen (secondary N) is 1. The van der Waals surface area contributed by atoms with Gasteiger partial charge in [0, 0.05) is 5.92 Å². The lowest BCUT2D eigenvalue weighted by Crippen LogP contribution is -2.27. The SMILES string of the molecule is OC1CC(c2nc3ncncc3[nH]2)C1. The molecule has 0 aromatic carbocycles. The molecule has 1 aliphatic rings. The van der Waals surface area contributed by atoms with E-state index in [1.165, 1.54) is 6.33 Å². The van der Waals surface area contributed by atoms with Crippen molar-refractivity contribution in [2.75, 3.05) is 0 Å². The van der Waals surface area contributed by atoms with Crippen LogP contribution in [-0.2, 0) is 0 Å². The molecule has 2 aromatic heterocycles. The Morgan fingerprint density at radius 2 is 2.29 bits per heavy atom. The van der Waals surface area contributed by atoms with Gasteiger partial charge in [-0.25, -0.2) is 15.0 Å². The molecule has 2 N–H and O–H groups in total. The average Bonchev–Trinajstić information content (AvgIpc) is 2.55. The van der Waals surface area contributed by atoms with Gasteiger partial charge in [-0.3, -0.25) is 0 Å². The molecule has 0 atom stereocenters. The molecule has 14 heavy (non-hydrogen) atoms. The summed E-state index contributed by atoms with van der Waals surface area (Å²) in [6.07, 6.45) is 4.65. The molecule has 0 radical (unpaired) electrons. The topological polar surface area (TPSA) is 74.7 Å². The van der Waals surface area contributed by atoms with Crippen molar-refractivity contribution in [1.29, 1.82) is 0 Å². The van der Waals surface area contributed by atoms with Gasteiger partial charge in [0.1, 0.15) is 17.7 Å². The molecule has 0 saturated heterocycles. The van der Waals surface area contributed by atoms with Crippen molar-refractivity contribution in [3.05, 3.63) is 18.3 Å². The Morgan fingerprint density at radius 3 is 3.00 bits per heavy atom. The number of fused-ring (bicyclic) bond motifs is 1. The van der Waals surface area contributed by atoms with E-state index >= 15 is 0 Å². The summed E-state index contributed by atoms with van der Waals surface area (Å²) < 4.78 is 0. The molecule has 3 rings (SSSR count). The molecule has 2 aromatic rings. The third kappa shape index (κ3) is 1.09. The van der Waals surface area contributed by atoms with Crippen LogP contribution < -0.4 is 0 Å². The summed E-state index contributed by atoms with van der Waals surface area (Å²) in [4.78, 5) is 15.5. The number of aliphatic hydroxyl groups is 1. The van der Waals surface area contributed by atoms with Crippen LogP contribution in [0.25, 0.3) is 11.2 Å². The lowest BCUT2D eigenvalue weighted by atomic mass is 9.82. The number of rotatable bonds is 1. The lowest BCUT2D eigenvalue weighted by molar-refractivity contribution is 0.0720. The van der Waals surface area contributed by atoms with Crippen LogP contribution in [0, 0.1) is 0 Å². The highest BCUT2D eigenvalue weighted by Crippen LogP contribution is 2.35. The number of imidazole rings is 1. The van der Waals surface area contributed by atoms with Crippen molar-refractivity contribution >= 4 is 11.2 Å². The summed E-state index contributed by atoms with van der Waals surface area (Å²) in [7, 11) is 0. The number of hydrogen-bond acceptors (Lipinski definition) is 4. The highest BCUT2D eigenvalue weighted by molar-refractivity contribution is 5.68. The molecule has 0 bridgehead atoms. The number of aromatic amines is 1. The first-order chi connectivity index (χ1) is 6.83. The Morgan fingerprint density at radius 1 is 1.43 bits per heavy atom. The molecule has 0 spiro atoms. The molecule has 5 nitrogen and oxygen atoms in total. The molecule has 0 amide bonds. The second-order valence-corrected chi connectivity index (χ2v) is 3.70. The molecule has 72 valence electrons. The Balaban J connectivity index is 1.99. The third-order valence-electron chi connectivity index (χ3n) is 2.68. The number of aliphatic hydroxyl groups excluding tert-OH is 1. The summed E-state index contributed by atoms with van der Waals surface area (Å²) in [5, 5.41) is 9.18. The zero-order valence-electron chi connectivity index (χ0n) is 7.51. The van der Waals surface area contributed by atoms with Crippen molar-refractivity contribution in [2.45, 2.75) is 24.9 Å². The molecular weight excluding hydrogens is 180 g/mol. The summed E-state index contributed by atoms with van der Waals surface area (Å²) >= 11 is 0. The van der Waals surface area contributed by atoms with Crippen molar-refractivity contribution in [2.24, 2.45) is 0 Å². The minimum atomic E-state index is -0.153. The molecule has 1 aliphatic carbocycles. The van der Waals surface area contributed by atoms with Crippen LogP contribution in [0.3, 0.4) is 0 Å². The molecule has 1 fully saturated rings. The first kappa shape index (κ1) is 7.87. The Kier molecular flexibility index (Phi) is 1.55. The zero-order valence-corrected chi connectivity index (χ0v) is 7.51. The van der Waals surface area contributed by atoms with E-state index in [-0.39, 0.29) is 6.10 Å². The quantitative estimate of drug-likeness (QED) is 0.690. The number of aromatic nitrogens is 4. The van der Waals surface area contributed by atoms with Crippen LogP contribution in [0.1, 0.15) is 24.6 Å². The molecular formula is C9H10N4O. The van der Waals surface area contributed by atoms with Crippen molar-refractivity contribution < 1.29 is 5.11 Å². The molecule has 5 heteroatoms. The number of hydrogen-bond donors (Lipinski definition) is 2. The van der Waals surface area contributed by atoms with Crippen LogP contribution in [0.2, 0.25) is 0 Å². The van der Waals surface area contributed by atoms with Crippen LogP contribution in [0.5, 0.6) is 0 Å². The van der Waals surface area contributed by atoms with E-state index in [9.17, 15) is 5.11 Å². The highest BCUT2D eigenvalue weighted by Gasteiger charge is 2.30. The van der Waals surface area contributed by atoms with Gasteiger partial charge in [-0.1, -0.05) is 0 Å². The summed E-state index contributed by atoms with van der Waals surface area (Å²) in [5.74, 6) is 1.28. The fourth-order valence-corrected chi connectivity index (χ4v) is 1.78. The first-order valence-corrected chi connectivity index (χ1v) is 4.66. The Labute approximate surface area is 80.2 Å². The predicted molar refractivity (Wildman–Crippen MR) is 49.7 cm³/mol. The van der Waals surface area contributed by atoms with Crippen molar-refractivity contribution in [1.82, 2.24) is 19.9 Å². The summed E-state index contributed by atoms with van der Waals surface area (Å²) in [5.41, 5.74) is 1.57. The van der Waals surface area contributed by atoms with Gasteiger partial charge in [-0.2, -0.15) is 0 Å². The summed E-state index contributed by atoms with van der Waals surface area (Å²) in [6, 6.07) is 0. The average molecular weight is 190 g/mol. The van der Waals surface area contributed by atoms with E-state index in [0.717, 1.165) is 24.2 Å². The van der Waals surface area contributed by atoms with Gasteiger partial charge in [0.15, 0.2) is 5.65 Å². The maximum Gasteiger partial charge on any atom is 0.180 e.